The zero-order valence-electron chi connectivity index (χ0n) is 11.6. The minimum atomic E-state index is -3.46. The summed E-state index contributed by atoms with van der Waals surface area (Å²) in [6.45, 7) is 6.22. The van der Waals surface area contributed by atoms with Crippen molar-refractivity contribution >= 4 is 10.2 Å². The van der Waals surface area contributed by atoms with Crippen LogP contribution in [0, 0.1) is 0 Å². The SMILES string of the molecule is CCCC(C)(O)CNS(=O)(=O)N1CCCCC1C. The van der Waals surface area contributed by atoms with Gasteiger partial charge in [0, 0.05) is 19.1 Å². The average Bonchev–Trinajstić information content (AvgIpc) is 2.27. The third-order valence-electron chi connectivity index (χ3n) is 3.47. The molecule has 2 unspecified atom stereocenters. The number of rotatable bonds is 6. The van der Waals surface area contributed by atoms with Crippen molar-refractivity contribution in [2.45, 2.75) is 64.5 Å². The van der Waals surface area contributed by atoms with E-state index in [0.29, 0.717) is 13.0 Å². The van der Waals surface area contributed by atoms with E-state index in [-0.39, 0.29) is 12.6 Å². The van der Waals surface area contributed by atoms with Crippen LogP contribution in [0.4, 0.5) is 0 Å². The second kappa shape index (κ2) is 6.32. The van der Waals surface area contributed by atoms with Crippen LogP contribution in [0.3, 0.4) is 0 Å². The molecular formula is C12H26N2O3S. The maximum Gasteiger partial charge on any atom is 0.279 e. The van der Waals surface area contributed by atoms with Crippen molar-refractivity contribution in [1.29, 1.82) is 0 Å². The monoisotopic (exact) mass is 278 g/mol. The minimum absolute atomic E-state index is 0.0485. The third kappa shape index (κ3) is 4.50. The highest BCUT2D eigenvalue weighted by Crippen LogP contribution is 2.19. The second-order valence-electron chi connectivity index (χ2n) is 5.53. The summed E-state index contributed by atoms with van der Waals surface area (Å²) in [6.07, 6.45) is 4.32. The smallest absolute Gasteiger partial charge is 0.279 e. The molecule has 0 amide bonds. The normalized spacial score (nSPS) is 25.9. The molecule has 1 aliphatic heterocycles. The molecule has 18 heavy (non-hydrogen) atoms. The van der Waals surface area contributed by atoms with Gasteiger partial charge in [0.1, 0.15) is 0 Å². The Morgan fingerprint density at radius 3 is 2.67 bits per heavy atom. The van der Waals surface area contributed by atoms with Gasteiger partial charge in [-0.25, -0.2) is 0 Å². The van der Waals surface area contributed by atoms with Gasteiger partial charge in [-0.3, -0.25) is 0 Å². The lowest BCUT2D eigenvalue weighted by atomic mass is 10.0. The van der Waals surface area contributed by atoms with E-state index in [1.807, 2.05) is 13.8 Å². The summed E-state index contributed by atoms with van der Waals surface area (Å²) < 4.78 is 28.3. The van der Waals surface area contributed by atoms with Crippen LogP contribution in [-0.4, -0.2) is 42.6 Å². The van der Waals surface area contributed by atoms with E-state index in [4.69, 9.17) is 0 Å². The Kier molecular flexibility index (Phi) is 5.58. The quantitative estimate of drug-likeness (QED) is 0.768. The minimum Gasteiger partial charge on any atom is -0.389 e. The molecule has 108 valence electrons. The Balaban J connectivity index is 2.59. The standard InChI is InChI=1S/C12H26N2O3S/c1-4-8-12(3,15)10-13-18(16,17)14-9-6-5-7-11(14)2/h11,13,15H,4-10H2,1-3H3. The van der Waals surface area contributed by atoms with Crippen LogP contribution in [0.1, 0.15) is 52.9 Å². The maximum atomic E-state index is 12.2. The summed E-state index contributed by atoms with van der Waals surface area (Å²) in [5, 5.41) is 10.00. The molecule has 0 aromatic rings. The van der Waals surface area contributed by atoms with E-state index in [9.17, 15) is 13.5 Å². The van der Waals surface area contributed by atoms with Gasteiger partial charge in [-0.15, -0.1) is 0 Å². The van der Waals surface area contributed by atoms with E-state index in [0.717, 1.165) is 25.7 Å². The zero-order valence-corrected chi connectivity index (χ0v) is 12.5. The summed E-state index contributed by atoms with van der Waals surface area (Å²) in [7, 11) is -3.46. The van der Waals surface area contributed by atoms with E-state index >= 15 is 0 Å². The average molecular weight is 278 g/mol. The molecule has 0 aromatic carbocycles. The van der Waals surface area contributed by atoms with Gasteiger partial charge in [0.25, 0.3) is 10.2 Å². The van der Waals surface area contributed by atoms with E-state index in [1.54, 1.807) is 6.92 Å². The van der Waals surface area contributed by atoms with Crippen LogP contribution in [0.25, 0.3) is 0 Å². The first-order valence-corrected chi connectivity index (χ1v) is 8.21. The van der Waals surface area contributed by atoms with Gasteiger partial charge in [-0.05, 0) is 33.1 Å². The van der Waals surface area contributed by atoms with Gasteiger partial charge in [0.2, 0.25) is 0 Å². The number of nitrogens with zero attached hydrogens (tertiary/aromatic N) is 1. The lowest BCUT2D eigenvalue weighted by Crippen LogP contribution is -2.51. The molecule has 1 rings (SSSR count). The van der Waals surface area contributed by atoms with Crippen LogP contribution in [0.5, 0.6) is 0 Å². The van der Waals surface area contributed by atoms with E-state index in [2.05, 4.69) is 4.72 Å². The van der Waals surface area contributed by atoms with Crippen LogP contribution in [0.15, 0.2) is 0 Å². The third-order valence-corrected chi connectivity index (χ3v) is 5.14. The predicted molar refractivity (Wildman–Crippen MR) is 72.5 cm³/mol. The van der Waals surface area contributed by atoms with E-state index < -0.39 is 15.8 Å². The summed E-state index contributed by atoms with van der Waals surface area (Å²) in [5.74, 6) is 0. The van der Waals surface area contributed by atoms with E-state index in [1.165, 1.54) is 4.31 Å². The zero-order chi connectivity index (χ0) is 13.8. The van der Waals surface area contributed by atoms with Crippen molar-refractivity contribution in [2.75, 3.05) is 13.1 Å². The van der Waals surface area contributed by atoms with Crippen molar-refractivity contribution in [3.05, 3.63) is 0 Å². The summed E-state index contributed by atoms with van der Waals surface area (Å²) in [5.41, 5.74) is -0.971. The van der Waals surface area contributed by atoms with Crippen molar-refractivity contribution in [3.63, 3.8) is 0 Å². The van der Waals surface area contributed by atoms with Crippen molar-refractivity contribution in [3.8, 4) is 0 Å². The van der Waals surface area contributed by atoms with Crippen LogP contribution < -0.4 is 4.72 Å². The fraction of sp³-hybridized carbons (Fsp3) is 1.00. The number of nitrogens with one attached hydrogen (secondary N) is 1. The van der Waals surface area contributed by atoms with Crippen molar-refractivity contribution < 1.29 is 13.5 Å². The lowest BCUT2D eigenvalue weighted by Gasteiger charge is -2.33. The number of aliphatic hydroxyl groups is 1. The summed E-state index contributed by atoms with van der Waals surface area (Å²) in [4.78, 5) is 0. The molecular weight excluding hydrogens is 252 g/mol. The van der Waals surface area contributed by atoms with Crippen LogP contribution in [0.2, 0.25) is 0 Å². The Labute approximate surface area is 111 Å². The Morgan fingerprint density at radius 2 is 2.11 bits per heavy atom. The molecule has 0 radical (unpaired) electrons. The Morgan fingerprint density at radius 1 is 1.44 bits per heavy atom. The van der Waals surface area contributed by atoms with Gasteiger partial charge in [-0.1, -0.05) is 19.8 Å². The molecule has 0 spiro atoms. The molecule has 0 bridgehead atoms. The van der Waals surface area contributed by atoms with Crippen LogP contribution >= 0.6 is 0 Å². The second-order valence-corrected chi connectivity index (χ2v) is 7.24. The topological polar surface area (TPSA) is 69.6 Å². The first-order valence-electron chi connectivity index (χ1n) is 6.77. The number of piperidine rings is 1. The molecule has 5 nitrogen and oxygen atoms in total. The van der Waals surface area contributed by atoms with Gasteiger partial charge in [0.15, 0.2) is 0 Å². The number of hydrogen-bond acceptors (Lipinski definition) is 3. The molecule has 1 fully saturated rings. The van der Waals surface area contributed by atoms with Crippen LogP contribution in [-0.2, 0) is 10.2 Å². The van der Waals surface area contributed by atoms with Gasteiger partial charge in [0.05, 0.1) is 5.60 Å². The van der Waals surface area contributed by atoms with Crippen molar-refractivity contribution in [2.24, 2.45) is 0 Å². The maximum absolute atomic E-state index is 12.2. The molecule has 1 aliphatic rings. The Bertz CT molecular complexity index is 354. The van der Waals surface area contributed by atoms with Gasteiger partial charge >= 0.3 is 0 Å². The molecule has 2 N–H and O–H groups in total. The molecule has 0 saturated carbocycles. The first-order chi connectivity index (χ1) is 8.28. The predicted octanol–water partition coefficient (Wildman–Crippen LogP) is 1.25. The molecule has 1 heterocycles. The van der Waals surface area contributed by atoms with Crippen molar-refractivity contribution in [1.82, 2.24) is 9.03 Å². The highest BCUT2D eigenvalue weighted by molar-refractivity contribution is 7.87. The molecule has 2 atom stereocenters. The summed E-state index contributed by atoms with van der Waals surface area (Å²) >= 11 is 0. The molecule has 6 heteroatoms. The highest BCUT2D eigenvalue weighted by Gasteiger charge is 2.31. The molecule has 0 aliphatic carbocycles. The molecule has 0 aromatic heterocycles. The highest BCUT2D eigenvalue weighted by atomic mass is 32.2. The fourth-order valence-corrected chi connectivity index (χ4v) is 3.99. The Hall–Kier alpha value is -0.170. The van der Waals surface area contributed by atoms with Gasteiger partial charge in [-0.2, -0.15) is 17.4 Å². The fourth-order valence-electron chi connectivity index (χ4n) is 2.39. The van der Waals surface area contributed by atoms with Gasteiger partial charge < -0.3 is 5.11 Å². The molecule has 1 saturated heterocycles. The lowest BCUT2D eigenvalue weighted by molar-refractivity contribution is 0.0548. The summed E-state index contributed by atoms with van der Waals surface area (Å²) in [6, 6.07) is 0.0485. The first kappa shape index (κ1) is 15.9. The number of hydrogen-bond donors (Lipinski definition) is 2. The largest absolute Gasteiger partial charge is 0.389 e.